The third-order valence-corrected chi connectivity index (χ3v) is 6.52. The number of para-hydroxylation sites is 1. The smallest absolute Gasteiger partial charge is 0.504 e. The summed E-state index contributed by atoms with van der Waals surface area (Å²) in [5.41, 5.74) is 0.719. The lowest BCUT2D eigenvalue weighted by Crippen LogP contribution is -2.19. The first-order valence-corrected chi connectivity index (χ1v) is 14.5. The fourth-order valence-electron chi connectivity index (χ4n) is 4.34. The third kappa shape index (κ3) is 16.8. The number of aryl methyl sites for hydroxylation is 1. The van der Waals surface area contributed by atoms with E-state index in [1.54, 1.807) is 6.07 Å². The minimum atomic E-state index is -1.42. The summed E-state index contributed by atoms with van der Waals surface area (Å²) in [7, 11) is 0. The van der Waals surface area contributed by atoms with Gasteiger partial charge in [0.1, 0.15) is 0 Å². The molecule has 1 aromatic carbocycles. The van der Waals surface area contributed by atoms with Crippen LogP contribution in [0.4, 0.5) is 4.79 Å². The Hall–Kier alpha value is -1.79. The van der Waals surface area contributed by atoms with E-state index in [0.29, 0.717) is 6.42 Å². The molecule has 6 nitrogen and oxygen atoms in total. The second-order valence-corrected chi connectivity index (χ2v) is 9.79. The van der Waals surface area contributed by atoms with Crippen LogP contribution in [0.15, 0.2) is 18.2 Å². The number of benzene rings is 1. The maximum Gasteiger partial charge on any atom is 0.511 e. The molecule has 6 heteroatoms. The van der Waals surface area contributed by atoms with Crippen molar-refractivity contribution >= 4 is 6.16 Å². The molecule has 0 amide bonds. The van der Waals surface area contributed by atoms with Crippen molar-refractivity contribution in [3.63, 3.8) is 0 Å². The van der Waals surface area contributed by atoms with E-state index < -0.39 is 6.16 Å². The van der Waals surface area contributed by atoms with Gasteiger partial charge in [0, 0.05) is 13.2 Å². The number of phenols is 1. The van der Waals surface area contributed by atoms with Crippen molar-refractivity contribution in [3.05, 3.63) is 23.8 Å². The molecule has 0 saturated heterocycles. The van der Waals surface area contributed by atoms with E-state index in [1.807, 2.05) is 6.07 Å². The molecule has 0 aliphatic heterocycles. The Bertz CT molecular complexity index is 645. The van der Waals surface area contributed by atoms with Crippen molar-refractivity contribution in [1.82, 2.24) is 0 Å². The lowest BCUT2D eigenvalue weighted by Gasteiger charge is -2.19. The molecule has 2 N–H and O–H groups in total. The Morgan fingerprint density at radius 2 is 1.28 bits per heavy atom. The van der Waals surface area contributed by atoms with Crippen molar-refractivity contribution in [2.24, 2.45) is 0 Å². The standard InChI is InChI=1S/C30H52O6/c1-3-5-7-9-13-17-24-34-28(35-25-18-14-10-8-6-4-2)23-16-12-11-15-20-26-21-19-22-27(29(26)31)36-30(32)33/h19,21-22,28,31H,3-18,20,23-25H2,1-2H3,(H,32,33). The summed E-state index contributed by atoms with van der Waals surface area (Å²) in [4.78, 5) is 10.7. The van der Waals surface area contributed by atoms with Crippen molar-refractivity contribution in [3.8, 4) is 11.5 Å². The van der Waals surface area contributed by atoms with Crippen LogP contribution in [0, 0.1) is 0 Å². The van der Waals surface area contributed by atoms with Gasteiger partial charge in [-0.15, -0.1) is 0 Å². The van der Waals surface area contributed by atoms with E-state index in [9.17, 15) is 9.90 Å². The van der Waals surface area contributed by atoms with Gasteiger partial charge in [-0.05, 0) is 50.2 Å². The number of carboxylic acid groups (broad SMARTS) is 1. The summed E-state index contributed by atoms with van der Waals surface area (Å²) in [6, 6.07) is 4.98. The van der Waals surface area contributed by atoms with Crippen molar-refractivity contribution < 1.29 is 29.2 Å². The van der Waals surface area contributed by atoms with Crippen molar-refractivity contribution in [2.45, 2.75) is 136 Å². The molecule has 0 fully saturated rings. The first-order chi connectivity index (χ1) is 17.6. The van der Waals surface area contributed by atoms with E-state index in [4.69, 9.17) is 14.6 Å². The molecular formula is C30H52O6. The Labute approximate surface area is 219 Å². The van der Waals surface area contributed by atoms with E-state index >= 15 is 0 Å². The van der Waals surface area contributed by atoms with Crippen molar-refractivity contribution in [1.29, 1.82) is 0 Å². The third-order valence-electron chi connectivity index (χ3n) is 6.52. The molecule has 1 rings (SSSR count). The van der Waals surface area contributed by atoms with Crippen LogP contribution in [-0.4, -0.2) is 35.9 Å². The molecule has 208 valence electrons. The number of unbranched alkanes of at least 4 members (excludes halogenated alkanes) is 13. The average Bonchev–Trinajstić information content (AvgIpc) is 2.86. The zero-order valence-corrected chi connectivity index (χ0v) is 23.0. The average molecular weight is 509 g/mol. The highest BCUT2D eigenvalue weighted by Gasteiger charge is 2.12. The molecule has 0 saturated carbocycles. The summed E-state index contributed by atoms with van der Waals surface area (Å²) < 4.78 is 16.9. The van der Waals surface area contributed by atoms with Gasteiger partial charge in [0.15, 0.2) is 17.8 Å². The van der Waals surface area contributed by atoms with E-state index in [1.165, 1.54) is 70.3 Å². The summed E-state index contributed by atoms with van der Waals surface area (Å²) in [6.45, 7) is 6.05. The Morgan fingerprint density at radius 3 is 1.86 bits per heavy atom. The van der Waals surface area contributed by atoms with Gasteiger partial charge in [0.05, 0.1) is 0 Å². The topological polar surface area (TPSA) is 85.2 Å². The SMILES string of the molecule is CCCCCCCCOC(CCCCCCc1cccc(OC(=O)O)c1O)OCCCCCCCC. The number of hydrogen-bond acceptors (Lipinski definition) is 5. The first-order valence-electron chi connectivity index (χ1n) is 14.5. The minimum Gasteiger partial charge on any atom is -0.504 e. The highest BCUT2D eigenvalue weighted by Crippen LogP contribution is 2.31. The van der Waals surface area contributed by atoms with Gasteiger partial charge in [-0.2, -0.15) is 0 Å². The fourth-order valence-corrected chi connectivity index (χ4v) is 4.34. The maximum atomic E-state index is 10.7. The number of ether oxygens (including phenoxy) is 3. The highest BCUT2D eigenvalue weighted by molar-refractivity contribution is 5.63. The Kier molecular flexibility index (Phi) is 20.1. The summed E-state index contributed by atoms with van der Waals surface area (Å²) in [5, 5.41) is 19.0. The van der Waals surface area contributed by atoms with Gasteiger partial charge in [0.25, 0.3) is 0 Å². The van der Waals surface area contributed by atoms with Gasteiger partial charge in [0.2, 0.25) is 0 Å². The van der Waals surface area contributed by atoms with Crippen LogP contribution >= 0.6 is 0 Å². The highest BCUT2D eigenvalue weighted by atomic mass is 16.7. The lowest BCUT2D eigenvalue weighted by atomic mass is 10.0. The molecule has 0 bridgehead atoms. The second-order valence-electron chi connectivity index (χ2n) is 9.79. The zero-order chi connectivity index (χ0) is 26.3. The number of rotatable bonds is 24. The predicted octanol–water partition coefficient (Wildman–Crippen LogP) is 9.02. The van der Waals surface area contributed by atoms with Crippen LogP contribution < -0.4 is 4.74 Å². The summed E-state index contributed by atoms with van der Waals surface area (Å²) in [6.07, 6.45) is 19.3. The zero-order valence-electron chi connectivity index (χ0n) is 23.0. The lowest BCUT2D eigenvalue weighted by molar-refractivity contribution is -0.148. The molecule has 0 radical (unpaired) electrons. The molecule has 0 spiro atoms. The fraction of sp³-hybridized carbons (Fsp3) is 0.767. The number of aromatic hydroxyl groups is 1. The van der Waals surface area contributed by atoms with Gasteiger partial charge in [-0.3, -0.25) is 0 Å². The maximum absolute atomic E-state index is 10.7. The van der Waals surface area contributed by atoms with E-state index in [-0.39, 0.29) is 17.8 Å². The molecule has 0 aliphatic carbocycles. The largest absolute Gasteiger partial charge is 0.511 e. The quantitative estimate of drug-likeness (QED) is 0.0627. The van der Waals surface area contributed by atoms with Gasteiger partial charge >= 0.3 is 6.16 Å². The monoisotopic (exact) mass is 508 g/mol. The predicted molar refractivity (Wildman–Crippen MR) is 146 cm³/mol. The molecule has 0 aliphatic rings. The second kappa shape index (κ2) is 22.4. The van der Waals surface area contributed by atoms with Crippen LogP contribution in [0.2, 0.25) is 0 Å². The minimum absolute atomic E-state index is 0.00661. The number of phenolic OH excluding ortho intramolecular Hbond substituents is 1. The summed E-state index contributed by atoms with van der Waals surface area (Å²) in [5.74, 6) is -0.0842. The van der Waals surface area contributed by atoms with Crippen LogP contribution in [0.1, 0.15) is 129 Å². The van der Waals surface area contributed by atoms with Crippen LogP contribution in [0.3, 0.4) is 0 Å². The van der Waals surface area contributed by atoms with Crippen LogP contribution in [-0.2, 0) is 15.9 Å². The normalized spacial score (nSPS) is 11.3. The van der Waals surface area contributed by atoms with Crippen LogP contribution in [0.5, 0.6) is 11.5 Å². The Morgan fingerprint density at radius 1 is 0.750 bits per heavy atom. The van der Waals surface area contributed by atoms with Gasteiger partial charge in [-0.25, -0.2) is 4.79 Å². The first kappa shape index (κ1) is 32.2. The number of carbonyl (C=O) groups is 1. The molecule has 36 heavy (non-hydrogen) atoms. The number of hydrogen-bond donors (Lipinski definition) is 2. The van der Waals surface area contributed by atoms with E-state index in [0.717, 1.165) is 63.7 Å². The van der Waals surface area contributed by atoms with Gasteiger partial charge < -0.3 is 24.4 Å². The summed E-state index contributed by atoms with van der Waals surface area (Å²) >= 11 is 0. The molecule has 0 atom stereocenters. The van der Waals surface area contributed by atoms with E-state index in [2.05, 4.69) is 18.6 Å². The molecule has 0 heterocycles. The molecule has 0 unspecified atom stereocenters. The molecular weight excluding hydrogens is 456 g/mol. The van der Waals surface area contributed by atoms with Gasteiger partial charge in [-0.1, -0.05) is 103 Å². The Balaban J connectivity index is 2.28. The van der Waals surface area contributed by atoms with Crippen LogP contribution in [0.25, 0.3) is 0 Å². The molecule has 1 aromatic rings. The van der Waals surface area contributed by atoms with Crippen molar-refractivity contribution in [2.75, 3.05) is 13.2 Å². The molecule has 0 aromatic heterocycles.